The van der Waals surface area contributed by atoms with E-state index in [-0.39, 0.29) is 11.4 Å². The predicted molar refractivity (Wildman–Crippen MR) is 83.4 cm³/mol. The highest BCUT2D eigenvalue weighted by atomic mass is 16.2. The molecule has 0 aliphatic carbocycles. The normalized spacial score (nSPS) is 11.6. The number of rotatable bonds is 11. The van der Waals surface area contributed by atoms with Gasteiger partial charge in [0.1, 0.15) is 0 Å². The van der Waals surface area contributed by atoms with Gasteiger partial charge in [0.2, 0.25) is 5.91 Å². The van der Waals surface area contributed by atoms with Crippen LogP contribution in [0.3, 0.4) is 0 Å². The lowest BCUT2D eigenvalue weighted by Gasteiger charge is -2.20. The van der Waals surface area contributed by atoms with Crippen molar-refractivity contribution in [1.82, 2.24) is 10.6 Å². The van der Waals surface area contributed by atoms with Gasteiger partial charge in [0.25, 0.3) is 0 Å². The van der Waals surface area contributed by atoms with Crippen molar-refractivity contribution in [2.45, 2.75) is 84.6 Å². The standard InChI is InChI=1S/C16H34N2O/c1-5-6-7-8-9-10-11-12-13-17-14-15(19)18-16(2,3)4/h17H,5-14H2,1-4H3,(H,18,19). The van der Waals surface area contributed by atoms with E-state index in [1.807, 2.05) is 20.8 Å². The summed E-state index contributed by atoms with van der Waals surface area (Å²) in [6, 6.07) is 0. The van der Waals surface area contributed by atoms with Gasteiger partial charge >= 0.3 is 0 Å². The molecule has 0 aromatic carbocycles. The first-order chi connectivity index (χ1) is 8.95. The minimum absolute atomic E-state index is 0.0899. The quantitative estimate of drug-likeness (QED) is 0.563. The molecule has 3 nitrogen and oxygen atoms in total. The Balaban J connectivity index is 3.21. The third-order valence-corrected chi connectivity index (χ3v) is 3.01. The molecule has 0 fully saturated rings. The minimum atomic E-state index is -0.128. The summed E-state index contributed by atoms with van der Waals surface area (Å²) in [5.74, 6) is 0.0899. The first kappa shape index (κ1) is 18.4. The molecule has 2 N–H and O–H groups in total. The minimum Gasteiger partial charge on any atom is -0.350 e. The lowest BCUT2D eigenvalue weighted by atomic mass is 10.1. The summed E-state index contributed by atoms with van der Waals surface area (Å²) in [6.07, 6.45) is 10.6. The molecule has 19 heavy (non-hydrogen) atoms. The predicted octanol–water partition coefficient (Wildman–Crippen LogP) is 3.63. The van der Waals surface area contributed by atoms with E-state index in [0.29, 0.717) is 6.54 Å². The Morgan fingerprint density at radius 3 is 1.95 bits per heavy atom. The van der Waals surface area contributed by atoms with Crippen molar-refractivity contribution >= 4 is 5.91 Å². The van der Waals surface area contributed by atoms with E-state index in [1.54, 1.807) is 0 Å². The molecular formula is C16H34N2O. The molecule has 0 rings (SSSR count). The summed E-state index contributed by atoms with van der Waals surface area (Å²) in [7, 11) is 0. The molecule has 0 radical (unpaired) electrons. The molecule has 0 heterocycles. The molecule has 0 bridgehead atoms. The summed E-state index contributed by atoms with van der Waals surface area (Å²) in [5, 5.41) is 6.16. The van der Waals surface area contributed by atoms with Crippen LogP contribution < -0.4 is 10.6 Å². The topological polar surface area (TPSA) is 41.1 Å². The fourth-order valence-corrected chi connectivity index (χ4v) is 2.05. The number of unbranched alkanes of at least 4 members (excludes halogenated alkanes) is 7. The van der Waals surface area contributed by atoms with Crippen LogP contribution in [-0.2, 0) is 4.79 Å². The Bertz CT molecular complexity index is 221. The molecule has 0 saturated carbocycles. The van der Waals surface area contributed by atoms with E-state index < -0.39 is 0 Å². The van der Waals surface area contributed by atoms with Gasteiger partial charge in [-0.3, -0.25) is 4.79 Å². The Labute approximate surface area is 119 Å². The van der Waals surface area contributed by atoms with Gasteiger partial charge in [-0.1, -0.05) is 51.9 Å². The van der Waals surface area contributed by atoms with Crippen LogP contribution in [0, 0.1) is 0 Å². The number of carbonyl (C=O) groups excluding carboxylic acids is 1. The smallest absolute Gasteiger partial charge is 0.234 e. The van der Waals surface area contributed by atoms with Crippen LogP contribution in [0.4, 0.5) is 0 Å². The molecule has 0 atom stereocenters. The first-order valence-electron chi connectivity index (χ1n) is 7.97. The molecule has 0 saturated heterocycles. The molecule has 0 aliphatic heterocycles. The molecule has 3 heteroatoms. The second kappa shape index (κ2) is 11.3. The van der Waals surface area contributed by atoms with E-state index in [0.717, 1.165) is 6.54 Å². The van der Waals surface area contributed by atoms with Crippen LogP contribution in [0.5, 0.6) is 0 Å². The maximum Gasteiger partial charge on any atom is 0.234 e. The molecule has 114 valence electrons. The fourth-order valence-electron chi connectivity index (χ4n) is 2.05. The Morgan fingerprint density at radius 1 is 0.895 bits per heavy atom. The number of hydrogen-bond acceptors (Lipinski definition) is 2. The van der Waals surface area contributed by atoms with Gasteiger partial charge in [-0.15, -0.1) is 0 Å². The lowest BCUT2D eigenvalue weighted by molar-refractivity contribution is -0.121. The first-order valence-corrected chi connectivity index (χ1v) is 7.97. The maximum atomic E-state index is 11.5. The summed E-state index contributed by atoms with van der Waals surface area (Å²) in [4.78, 5) is 11.5. The van der Waals surface area contributed by atoms with Crippen molar-refractivity contribution in [2.75, 3.05) is 13.1 Å². The van der Waals surface area contributed by atoms with Gasteiger partial charge in [-0.05, 0) is 33.7 Å². The Morgan fingerprint density at radius 2 is 1.42 bits per heavy atom. The van der Waals surface area contributed by atoms with Crippen molar-refractivity contribution in [1.29, 1.82) is 0 Å². The van der Waals surface area contributed by atoms with Crippen LogP contribution >= 0.6 is 0 Å². The highest BCUT2D eigenvalue weighted by Gasteiger charge is 2.12. The number of amides is 1. The van der Waals surface area contributed by atoms with E-state index >= 15 is 0 Å². The van der Waals surface area contributed by atoms with E-state index in [1.165, 1.54) is 51.4 Å². The summed E-state index contributed by atoms with van der Waals surface area (Å²) < 4.78 is 0. The lowest BCUT2D eigenvalue weighted by Crippen LogP contribution is -2.44. The zero-order valence-corrected chi connectivity index (χ0v) is 13.5. The van der Waals surface area contributed by atoms with Crippen LogP contribution in [0.15, 0.2) is 0 Å². The number of nitrogens with one attached hydrogen (secondary N) is 2. The van der Waals surface area contributed by atoms with Gasteiger partial charge in [-0.2, -0.15) is 0 Å². The van der Waals surface area contributed by atoms with Crippen molar-refractivity contribution < 1.29 is 4.79 Å². The molecule has 0 aliphatic rings. The van der Waals surface area contributed by atoms with E-state index in [4.69, 9.17) is 0 Å². The van der Waals surface area contributed by atoms with E-state index in [2.05, 4.69) is 17.6 Å². The van der Waals surface area contributed by atoms with Gasteiger partial charge in [0.15, 0.2) is 0 Å². The molecule has 0 aromatic heterocycles. The Hall–Kier alpha value is -0.570. The summed E-state index contributed by atoms with van der Waals surface area (Å²) in [5.41, 5.74) is -0.128. The van der Waals surface area contributed by atoms with Crippen LogP contribution in [0.1, 0.15) is 79.1 Å². The highest BCUT2D eigenvalue weighted by Crippen LogP contribution is 2.07. The number of carbonyl (C=O) groups is 1. The fraction of sp³-hybridized carbons (Fsp3) is 0.938. The zero-order chi connectivity index (χ0) is 14.6. The summed E-state index contributed by atoms with van der Waals surface area (Å²) in [6.45, 7) is 9.65. The van der Waals surface area contributed by atoms with Gasteiger partial charge < -0.3 is 10.6 Å². The molecule has 0 unspecified atom stereocenters. The van der Waals surface area contributed by atoms with Crippen molar-refractivity contribution in [3.63, 3.8) is 0 Å². The van der Waals surface area contributed by atoms with Gasteiger partial charge in [-0.25, -0.2) is 0 Å². The van der Waals surface area contributed by atoms with Crippen LogP contribution in [0.2, 0.25) is 0 Å². The SMILES string of the molecule is CCCCCCCCCCNCC(=O)NC(C)(C)C. The van der Waals surface area contributed by atoms with Crippen LogP contribution in [0.25, 0.3) is 0 Å². The second-order valence-electron chi connectivity index (χ2n) is 6.45. The number of hydrogen-bond donors (Lipinski definition) is 2. The third-order valence-electron chi connectivity index (χ3n) is 3.01. The zero-order valence-electron chi connectivity index (χ0n) is 13.5. The second-order valence-corrected chi connectivity index (χ2v) is 6.45. The largest absolute Gasteiger partial charge is 0.350 e. The van der Waals surface area contributed by atoms with Gasteiger partial charge in [0, 0.05) is 5.54 Å². The maximum absolute atomic E-state index is 11.5. The Kier molecular flexibility index (Phi) is 10.9. The average Bonchev–Trinajstić information content (AvgIpc) is 2.29. The monoisotopic (exact) mass is 270 g/mol. The van der Waals surface area contributed by atoms with Crippen molar-refractivity contribution in [3.8, 4) is 0 Å². The average molecular weight is 270 g/mol. The molecule has 1 amide bonds. The van der Waals surface area contributed by atoms with Crippen LogP contribution in [-0.4, -0.2) is 24.5 Å². The molecular weight excluding hydrogens is 236 g/mol. The van der Waals surface area contributed by atoms with E-state index in [9.17, 15) is 4.79 Å². The van der Waals surface area contributed by atoms with Crippen molar-refractivity contribution in [2.24, 2.45) is 0 Å². The van der Waals surface area contributed by atoms with Gasteiger partial charge in [0.05, 0.1) is 6.54 Å². The summed E-state index contributed by atoms with van der Waals surface area (Å²) >= 11 is 0. The highest BCUT2D eigenvalue weighted by molar-refractivity contribution is 5.78. The molecule has 0 aromatic rings. The third kappa shape index (κ3) is 15.4. The van der Waals surface area contributed by atoms with Crippen molar-refractivity contribution in [3.05, 3.63) is 0 Å². The molecule has 0 spiro atoms.